The lowest BCUT2D eigenvalue weighted by molar-refractivity contribution is -0.121. The number of carbonyl (C=O) groups is 1. The molecule has 106 valence electrons. The summed E-state index contributed by atoms with van der Waals surface area (Å²) in [5.41, 5.74) is 0.898. The Bertz CT molecular complexity index is 406. The fraction of sp³-hybridized carbons (Fsp3) is 0.533. The van der Waals surface area contributed by atoms with Gasteiger partial charge in [0, 0.05) is 6.54 Å². The number of nitrogens with one attached hydrogen (secondary N) is 1. The van der Waals surface area contributed by atoms with E-state index in [1.165, 1.54) is 0 Å². The zero-order chi connectivity index (χ0) is 14.3. The van der Waals surface area contributed by atoms with E-state index in [4.69, 9.17) is 4.74 Å². The van der Waals surface area contributed by atoms with E-state index in [9.17, 15) is 9.90 Å². The SMILES string of the molecule is CCC(C)C(O)CNC(=O)Cc1cccc(OC)c1. The standard InChI is InChI=1S/C15H23NO3/c1-4-11(2)14(17)10-16-15(18)9-12-6-5-7-13(8-12)19-3/h5-8,11,14,17H,4,9-10H2,1-3H3,(H,16,18). The highest BCUT2D eigenvalue weighted by Gasteiger charge is 2.13. The number of rotatable bonds is 7. The molecule has 1 amide bonds. The summed E-state index contributed by atoms with van der Waals surface area (Å²) in [5, 5.41) is 12.5. The van der Waals surface area contributed by atoms with E-state index in [-0.39, 0.29) is 11.8 Å². The summed E-state index contributed by atoms with van der Waals surface area (Å²) in [7, 11) is 1.60. The van der Waals surface area contributed by atoms with E-state index < -0.39 is 6.10 Å². The van der Waals surface area contributed by atoms with Crippen molar-refractivity contribution in [1.29, 1.82) is 0 Å². The van der Waals surface area contributed by atoms with Gasteiger partial charge in [-0.2, -0.15) is 0 Å². The van der Waals surface area contributed by atoms with Crippen molar-refractivity contribution in [2.45, 2.75) is 32.8 Å². The lowest BCUT2D eigenvalue weighted by atomic mass is 10.0. The van der Waals surface area contributed by atoms with Crippen LogP contribution in [0.25, 0.3) is 0 Å². The molecule has 0 heterocycles. The molecule has 0 saturated heterocycles. The van der Waals surface area contributed by atoms with Crippen molar-refractivity contribution in [3.63, 3.8) is 0 Å². The van der Waals surface area contributed by atoms with Crippen LogP contribution in [-0.4, -0.2) is 30.8 Å². The first-order chi connectivity index (χ1) is 9.06. The van der Waals surface area contributed by atoms with Crippen molar-refractivity contribution in [3.05, 3.63) is 29.8 Å². The predicted molar refractivity (Wildman–Crippen MR) is 75.2 cm³/mol. The predicted octanol–water partition coefficient (Wildman–Crippen LogP) is 1.76. The number of aliphatic hydroxyl groups excluding tert-OH is 1. The molecule has 1 aromatic carbocycles. The van der Waals surface area contributed by atoms with Crippen molar-refractivity contribution in [2.24, 2.45) is 5.92 Å². The molecule has 4 heteroatoms. The molecular formula is C15H23NO3. The van der Waals surface area contributed by atoms with Gasteiger partial charge in [-0.3, -0.25) is 4.79 Å². The van der Waals surface area contributed by atoms with Crippen LogP contribution >= 0.6 is 0 Å². The number of hydrogen-bond acceptors (Lipinski definition) is 3. The maximum atomic E-state index is 11.8. The largest absolute Gasteiger partial charge is 0.497 e. The molecule has 0 spiro atoms. The van der Waals surface area contributed by atoms with Gasteiger partial charge in [0.05, 0.1) is 19.6 Å². The van der Waals surface area contributed by atoms with E-state index in [1.54, 1.807) is 7.11 Å². The Morgan fingerprint density at radius 3 is 2.84 bits per heavy atom. The number of hydrogen-bond donors (Lipinski definition) is 2. The Labute approximate surface area is 114 Å². The van der Waals surface area contributed by atoms with Gasteiger partial charge >= 0.3 is 0 Å². The first-order valence-corrected chi connectivity index (χ1v) is 6.64. The number of aliphatic hydroxyl groups is 1. The third-order valence-electron chi connectivity index (χ3n) is 3.31. The van der Waals surface area contributed by atoms with Crippen LogP contribution in [0.2, 0.25) is 0 Å². The molecule has 0 bridgehead atoms. The quantitative estimate of drug-likeness (QED) is 0.790. The van der Waals surface area contributed by atoms with E-state index in [0.29, 0.717) is 13.0 Å². The van der Waals surface area contributed by atoms with Crippen LogP contribution in [0, 0.1) is 5.92 Å². The maximum Gasteiger partial charge on any atom is 0.224 e. The molecule has 0 aliphatic carbocycles. The highest BCUT2D eigenvalue weighted by Crippen LogP contribution is 2.13. The number of methoxy groups -OCH3 is 1. The normalized spacial score (nSPS) is 13.7. The Kier molecular flexibility index (Phi) is 6.36. The maximum absolute atomic E-state index is 11.8. The van der Waals surface area contributed by atoms with Gasteiger partial charge in [0.15, 0.2) is 0 Å². The molecule has 19 heavy (non-hydrogen) atoms. The highest BCUT2D eigenvalue weighted by molar-refractivity contribution is 5.78. The molecule has 2 N–H and O–H groups in total. The Morgan fingerprint density at radius 1 is 1.47 bits per heavy atom. The molecule has 1 rings (SSSR count). The van der Waals surface area contributed by atoms with Crippen LogP contribution in [0.5, 0.6) is 5.75 Å². The fourth-order valence-corrected chi connectivity index (χ4v) is 1.72. The second kappa shape index (κ2) is 7.79. The summed E-state index contributed by atoms with van der Waals surface area (Å²) < 4.78 is 5.11. The molecule has 0 aliphatic rings. The minimum atomic E-state index is -0.487. The Morgan fingerprint density at radius 2 is 2.21 bits per heavy atom. The topological polar surface area (TPSA) is 58.6 Å². The third-order valence-corrected chi connectivity index (χ3v) is 3.31. The zero-order valence-corrected chi connectivity index (χ0v) is 11.8. The molecule has 1 aromatic rings. The summed E-state index contributed by atoms with van der Waals surface area (Å²) in [6.07, 6.45) is 0.705. The van der Waals surface area contributed by atoms with Gasteiger partial charge < -0.3 is 15.2 Å². The molecule has 4 nitrogen and oxygen atoms in total. The average molecular weight is 265 g/mol. The lowest BCUT2D eigenvalue weighted by Crippen LogP contribution is -2.36. The molecule has 0 aliphatic heterocycles. The molecule has 0 aromatic heterocycles. The summed E-state index contributed by atoms with van der Waals surface area (Å²) in [6, 6.07) is 7.42. The van der Waals surface area contributed by atoms with Crippen molar-refractivity contribution < 1.29 is 14.6 Å². The van der Waals surface area contributed by atoms with Gasteiger partial charge in [-0.05, 0) is 23.6 Å². The van der Waals surface area contributed by atoms with Crippen molar-refractivity contribution in [3.8, 4) is 5.75 Å². The first-order valence-electron chi connectivity index (χ1n) is 6.64. The second-order valence-corrected chi connectivity index (χ2v) is 4.79. The van der Waals surface area contributed by atoms with E-state index >= 15 is 0 Å². The van der Waals surface area contributed by atoms with Gasteiger partial charge in [0.25, 0.3) is 0 Å². The molecule has 0 saturated carbocycles. The highest BCUT2D eigenvalue weighted by atomic mass is 16.5. The first kappa shape index (κ1) is 15.5. The lowest BCUT2D eigenvalue weighted by Gasteiger charge is -2.17. The van der Waals surface area contributed by atoms with Crippen LogP contribution in [0.4, 0.5) is 0 Å². The van der Waals surface area contributed by atoms with E-state index in [0.717, 1.165) is 17.7 Å². The number of carbonyl (C=O) groups excluding carboxylic acids is 1. The summed E-state index contributed by atoms with van der Waals surface area (Å²) in [5.74, 6) is 0.845. The second-order valence-electron chi connectivity index (χ2n) is 4.79. The smallest absolute Gasteiger partial charge is 0.224 e. The van der Waals surface area contributed by atoms with Crippen molar-refractivity contribution >= 4 is 5.91 Å². The number of amides is 1. The van der Waals surface area contributed by atoms with E-state index in [1.807, 2.05) is 38.1 Å². The van der Waals surface area contributed by atoms with Crippen molar-refractivity contribution in [1.82, 2.24) is 5.32 Å². The molecular weight excluding hydrogens is 242 g/mol. The van der Waals surface area contributed by atoms with E-state index in [2.05, 4.69) is 5.32 Å². The Hall–Kier alpha value is -1.55. The van der Waals surface area contributed by atoms with Gasteiger partial charge in [-0.25, -0.2) is 0 Å². The summed E-state index contributed by atoms with van der Waals surface area (Å²) in [4.78, 5) is 11.8. The molecule has 2 atom stereocenters. The zero-order valence-electron chi connectivity index (χ0n) is 11.8. The van der Waals surface area contributed by atoms with Crippen LogP contribution in [-0.2, 0) is 11.2 Å². The van der Waals surface area contributed by atoms with Crippen LogP contribution < -0.4 is 10.1 Å². The average Bonchev–Trinajstić information content (AvgIpc) is 2.44. The third kappa shape index (κ3) is 5.30. The number of ether oxygens (including phenoxy) is 1. The van der Waals surface area contributed by atoms with Crippen LogP contribution in [0.3, 0.4) is 0 Å². The summed E-state index contributed by atoms with van der Waals surface area (Å²) >= 11 is 0. The number of benzene rings is 1. The minimum Gasteiger partial charge on any atom is -0.497 e. The van der Waals surface area contributed by atoms with Crippen molar-refractivity contribution in [2.75, 3.05) is 13.7 Å². The van der Waals surface area contributed by atoms with Gasteiger partial charge in [-0.15, -0.1) is 0 Å². The van der Waals surface area contributed by atoms with Crippen LogP contribution in [0.15, 0.2) is 24.3 Å². The molecule has 0 radical (unpaired) electrons. The molecule has 0 fully saturated rings. The summed E-state index contributed by atoms with van der Waals surface area (Å²) in [6.45, 7) is 4.29. The Balaban J connectivity index is 2.42. The minimum absolute atomic E-state index is 0.0874. The van der Waals surface area contributed by atoms with Gasteiger partial charge in [-0.1, -0.05) is 32.4 Å². The monoisotopic (exact) mass is 265 g/mol. The van der Waals surface area contributed by atoms with Crippen LogP contribution in [0.1, 0.15) is 25.8 Å². The van der Waals surface area contributed by atoms with Gasteiger partial charge in [0.2, 0.25) is 5.91 Å². The van der Waals surface area contributed by atoms with Gasteiger partial charge in [0.1, 0.15) is 5.75 Å². The molecule has 2 unspecified atom stereocenters. The fourth-order valence-electron chi connectivity index (χ4n) is 1.72.